The first-order valence-electron chi connectivity index (χ1n) is 8.13. The zero-order valence-corrected chi connectivity index (χ0v) is 15.8. The molecule has 0 bridgehead atoms. The Hall–Kier alpha value is -2.55. The minimum absolute atomic E-state index is 0.147. The summed E-state index contributed by atoms with van der Waals surface area (Å²) in [5.74, 6) is 3.14. The number of fused-ring (bicyclic) bond motifs is 1. The first kappa shape index (κ1) is 18.2. The highest BCUT2D eigenvalue weighted by Crippen LogP contribution is 2.23. The predicted molar refractivity (Wildman–Crippen MR) is 106 cm³/mol. The van der Waals surface area contributed by atoms with Gasteiger partial charge in [0.2, 0.25) is 0 Å². The standard InChI is InChI=1S/C20H17ClN2O2S/c1-3-11-23-17-10-9-15(25-4-2)13-18(17)26-20(23)22-19(24)12-14-7-5-6-8-16(14)21/h1,5-10,13H,4,11-12H2,2H3. The van der Waals surface area contributed by atoms with Crippen LogP contribution in [0.5, 0.6) is 5.75 Å². The van der Waals surface area contributed by atoms with Crippen molar-refractivity contribution in [3.63, 3.8) is 0 Å². The summed E-state index contributed by atoms with van der Waals surface area (Å²) in [4.78, 5) is 17.3. The second kappa shape index (κ2) is 8.22. The van der Waals surface area contributed by atoms with Gasteiger partial charge in [0.25, 0.3) is 5.91 Å². The summed E-state index contributed by atoms with van der Waals surface area (Å²) in [5, 5.41) is 0.560. The van der Waals surface area contributed by atoms with E-state index in [-0.39, 0.29) is 12.3 Å². The zero-order chi connectivity index (χ0) is 18.5. The monoisotopic (exact) mass is 384 g/mol. The van der Waals surface area contributed by atoms with E-state index in [4.69, 9.17) is 22.8 Å². The zero-order valence-electron chi connectivity index (χ0n) is 14.2. The Morgan fingerprint density at radius 2 is 2.15 bits per heavy atom. The molecule has 1 heterocycles. The number of ether oxygens (including phenoxy) is 1. The second-order valence-corrected chi connectivity index (χ2v) is 6.93. The second-order valence-electron chi connectivity index (χ2n) is 5.51. The van der Waals surface area contributed by atoms with Crippen LogP contribution in [0.4, 0.5) is 0 Å². The SMILES string of the molecule is C#CCn1c(=NC(=O)Cc2ccccc2Cl)sc2cc(OCC)ccc21. The van der Waals surface area contributed by atoms with Crippen LogP contribution in [-0.4, -0.2) is 17.1 Å². The maximum atomic E-state index is 12.4. The molecule has 6 heteroatoms. The Morgan fingerprint density at radius 1 is 1.35 bits per heavy atom. The van der Waals surface area contributed by atoms with Gasteiger partial charge in [-0.15, -0.1) is 6.42 Å². The average molecular weight is 385 g/mol. The molecule has 1 aromatic heterocycles. The van der Waals surface area contributed by atoms with Crippen molar-refractivity contribution in [2.75, 3.05) is 6.61 Å². The maximum absolute atomic E-state index is 12.4. The molecule has 0 aliphatic rings. The number of nitrogens with zero attached hydrogens (tertiary/aromatic N) is 2. The lowest BCUT2D eigenvalue weighted by Gasteiger charge is -2.03. The molecule has 1 amide bonds. The molecule has 0 aliphatic heterocycles. The largest absolute Gasteiger partial charge is 0.494 e. The number of carbonyl (C=O) groups excluding carboxylic acids is 1. The van der Waals surface area contributed by atoms with E-state index >= 15 is 0 Å². The molecule has 0 aliphatic carbocycles. The van der Waals surface area contributed by atoms with Gasteiger partial charge in [0, 0.05) is 5.02 Å². The van der Waals surface area contributed by atoms with Crippen LogP contribution in [0.3, 0.4) is 0 Å². The van der Waals surface area contributed by atoms with E-state index < -0.39 is 0 Å². The van der Waals surface area contributed by atoms with E-state index in [0.717, 1.165) is 21.5 Å². The van der Waals surface area contributed by atoms with Crippen molar-refractivity contribution in [1.29, 1.82) is 0 Å². The summed E-state index contributed by atoms with van der Waals surface area (Å²) in [6.07, 6.45) is 5.64. The smallest absolute Gasteiger partial charge is 0.252 e. The molecule has 0 saturated heterocycles. The molecule has 0 N–H and O–H groups in total. The molecule has 2 aromatic carbocycles. The summed E-state index contributed by atoms with van der Waals surface area (Å²) in [6.45, 7) is 2.87. The molecule has 0 atom stereocenters. The number of hydrogen-bond acceptors (Lipinski definition) is 3. The lowest BCUT2D eigenvalue weighted by atomic mass is 10.1. The normalized spacial score (nSPS) is 11.5. The molecule has 3 rings (SSSR count). The highest BCUT2D eigenvalue weighted by atomic mass is 35.5. The molecule has 0 radical (unpaired) electrons. The van der Waals surface area contributed by atoms with Crippen molar-refractivity contribution < 1.29 is 9.53 Å². The van der Waals surface area contributed by atoms with Crippen LogP contribution in [0.25, 0.3) is 10.2 Å². The topological polar surface area (TPSA) is 43.6 Å². The molecule has 132 valence electrons. The lowest BCUT2D eigenvalue weighted by Crippen LogP contribution is -2.17. The third-order valence-corrected chi connectivity index (χ3v) is 5.14. The molecule has 3 aromatic rings. The van der Waals surface area contributed by atoms with Crippen LogP contribution in [0.1, 0.15) is 12.5 Å². The molecule has 0 saturated carbocycles. The van der Waals surface area contributed by atoms with Gasteiger partial charge in [-0.2, -0.15) is 4.99 Å². The fraction of sp³-hybridized carbons (Fsp3) is 0.200. The van der Waals surface area contributed by atoms with E-state index in [1.54, 1.807) is 6.07 Å². The van der Waals surface area contributed by atoms with E-state index in [9.17, 15) is 4.79 Å². The maximum Gasteiger partial charge on any atom is 0.252 e. The van der Waals surface area contributed by atoms with Gasteiger partial charge in [-0.25, -0.2) is 0 Å². The van der Waals surface area contributed by atoms with Crippen molar-refractivity contribution in [1.82, 2.24) is 4.57 Å². The summed E-state index contributed by atoms with van der Waals surface area (Å²) < 4.78 is 8.37. The van der Waals surface area contributed by atoms with Gasteiger partial charge in [0.15, 0.2) is 4.80 Å². The number of halogens is 1. The number of aromatic nitrogens is 1. The molecule has 26 heavy (non-hydrogen) atoms. The van der Waals surface area contributed by atoms with Gasteiger partial charge in [-0.05, 0) is 36.8 Å². The fourth-order valence-corrected chi connectivity index (χ4v) is 3.87. The Morgan fingerprint density at radius 3 is 2.88 bits per heavy atom. The Labute approximate surface area is 160 Å². The van der Waals surface area contributed by atoms with Gasteiger partial charge >= 0.3 is 0 Å². The summed E-state index contributed by atoms with van der Waals surface area (Å²) in [6, 6.07) is 13.0. The van der Waals surface area contributed by atoms with Gasteiger partial charge in [0.1, 0.15) is 5.75 Å². The highest BCUT2D eigenvalue weighted by Gasteiger charge is 2.10. The van der Waals surface area contributed by atoms with E-state index in [2.05, 4.69) is 10.9 Å². The number of terminal acetylenes is 1. The molecule has 0 spiro atoms. The number of benzene rings is 2. The molecular weight excluding hydrogens is 368 g/mol. The fourth-order valence-electron chi connectivity index (χ4n) is 2.59. The molecule has 0 fully saturated rings. The first-order chi connectivity index (χ1) is 12.6. The molecular formula is C20H17ClN2O2S. The van der Waals surface area contributed by atoms with Crippen LogP contribution in [0.15, 0.2) is 47.5 Å². The number of thiazole rings is 1. The van der Waals surface area contributed by atoms with Crippen LogP contribution in [-0.2, 0) is 17.8 Å². The first-order valence-corrected chi connectivity index (χ1v) is 9.32. The number of hydrogen-bond donors (Lipinski definition) is 0. The molecule has 0 unspecified atom stereocenters. The average Bonchev–Trinajstić information content (AvgIpc) is 2.94. The number of rotatable bonds is 5. The van der Waals surface area contributed by atoms with Crippen LogP contribution >= 0.6 is 22.9 Å². The van der Waals surface area contributed by atoms with Crippen molar-refractivity contribution in [2.45, 2.75) is 19.9 Å². The van der Waals surface area contributed by atoms with Gasteiger partial charge in [-0.3, -0.25) is 4.79 Å². The van der Waals surface area contributed by atoms with Crippen LogP contribution in [0, 0.1) is 12.3 Å². The molecule has 4 nitrogen and oxygen atoms in total. The minimum Gasteiger partial charge on any atom is -0.494 e. The van der Waals surface area contributed by atoms with Crippen LogP contribution in [0.2, 0.25) is 5.02 Å². The van der Waals surface area contributed by atoms with E-state index in [1.165, 1.54) is 11.3 Å². The highest BCUT2D eigenvalue weighted by molar-refractivity contribution is 7.16. The lowest BCUT2D eigenvalue weighted by molar-refractivity contribution is -0.117. The van der Waals surface area contributed by atoms with E-state index in [1.807, 2.05) is 47.9 Å². The summed E-state index contributed by atoms with van der Waals surface area (Å²) in [7, 11) is 0. The summed E-state index contributed by atoms with van der Waals surface area (Å²) in [5.41, 5.74) is 1.69. The van der Waals surface area contributed by atoms with Crippen LogP contribution < -0.4 is 9.54 Å². The summed E-state index contributed by atoms with van der Waals surface area (Å²) >= 11 is 7.54. The Balaban J connectivity index is 2.00. The minimum atomic E-state index is -0.263. The van der Waals surface area contributed by atoms with Crippen molar-refractivity contribution >= 4 is 39.1 Å². The van der Waals surface area contributed by atoms with Crippen molar-refractivity contribution in [2.24, 2.45) is 4.99 Å². The number of carbonyl (C=O) groups is 1. The Kier molecular flexibility index (Phi) is 5.77. The quantitative estimate of drug-likeness (QED) is 0.622. The van der Waals surface area contributed by atoms with Crippen molar-refractivity contribution in [3.05, 3.63) is 57.9 Å². The predicted octanol–water partition coefficient (Wildman–Crippen LogP) is 4.06. The third-order valence-electron chi connectivity index (χ3n) is 3.73. The van der Waals surface area contributed by atoms with Crippen molar-refractivity contribution in [3.8, 4) is 18.1 Å². The van der Waals surface area contributed by atoms with E-state index in [0.29, 0.717) is 23.0 Å². The number of amides is 1. The third kappa shape index (κ3) is 3.98. The van der Waals surface area contributed by atoms with Gasteiger partial charge in [-0.1, -0.05) is 47.1 Å². The van der Waals surface area contributed by atoms with Gasteiger partial charge < -0.3 is 9.30 Å². The van der Waals surface area contributed by atoms with Gasteiger partial charge in [0.05, 0.1) is 29.8 Å². The Bertz CT molecular complexity index is 1060.